The van der Waals surface area contributed by atoms with Crippen LogP contribution >= 0.6 is 0 Å². The molecule has 0 bridgehead atoms. The van der Waals surface area contributed by atoms with Crippen LogP contribution in [-0.2, 0) is 0 Å². The van der Waals surface area contributed by atoms with Crippen LogP contribution in [0.3, 0.4) is 0 Å². The molecule has 0 saturated heterocycles. The summed E-state index contributed by atoms with van der Waals surface area (Å²) in [5.74, 6) is 2.74. The van der Waals surface area contributed by atoms with Crippen molar-refractivity contribution in [2.24, 2.45) is 0 Å². The first kappa shape index (κ1) is 10.1. The van der Waals surface area contributed by atoms with Crippen LogP contribution in [0.4, 0.5) is 0 Å². The van der Waals surface area contributed by atoms with Crippen molar-refractivity contribution >= 4 is 0 Å². The second-order valence-corrected chi connectivity index (χ2v) is 2.46. The van der Waals surface area contributed by atoms with Gasteiger partial charge in [-0.2, -0.15) is 0 Å². The van der Waals surface area contributed by atoms with Crippen molar-refractivity contribution in [1.82, 2.24) is 5.32 Å². The molecule has 0 heterocycles. The second-order valence-electron chi connectivity index (χ2n) is 2.46. The first-order chi connectivity index (χ1) is 5.41. The predicted molar refractivity (Wildman–Crippen MR) is 50.1 cm³/mol. The number of hydrogen-bond acceptors (Lipinski definition) is 1. The molecule has 0 radical (unpaired) electrons. The highest BCUT2D eigenvalue weighted by atomic mass is 14.8. The maximum Gasteiger partial charge on any atom is 0.0229 e. The number of nitrogens with one attached hydrogen (secondary N) is 1. The van der Waals surface area contributed by atoms with Crippen molar-refractivity contribution in [2.75, 3.05) is 6.54 Å². The molecule has 0 aliphatic rings. The summed E-state index contributed by atoms with van der Waals surface area (Å²) in [5.41, 5.74) is 0. The Bertz CT molecular complexity index is 139. The fourth-order valence-electron chi connectivity index (χ4n) is 0.805. The van der Waals surface area contributed by atoms with Gasteiger partial charge in [-0.25, -0.2) is 0 Å². The summed E-state index contributed by atoms with van der Waals surface area (Å²) in [6.45, 7) is 6.71. The van der Waals surface area contributed by atoms with Gasteiger partial charge in [0.25, 0.3) is 0 Å². The molecular weight excluding hydrogens is 134 g/mol. The van der Waals surface area contributed by atoms with E-state index in [1.807, 2.05) is 0 Å². The van der Waals surface area contributed by atoms with E-state index >= 15 is 0 Å². The molecule has 0 aliphatic heterocycles. The van der Waals surface area contributed by atoms with Gasteiger partial charge in [0.15, 0.2) is 0 Å². The topological polar surface area (TPSA) is 12.0 Å². The van der Waals surface area contributed by atoms with Gasteiger partial charge in [0.2, 0.25) is 0 Å². The molecule has 62 valence electrons. The van der Waals surface area contributed by atoms with E-state index in [0.29, 0.717) is 0 Å². The molecule has 11 heavy (non-hydrogen) atoms. The molecule has 0 aromatic carbocycles. The molecule has 0 amide bonds. The molecule has 0 rings (SSSR count). The largest absolute Gasteiger partial charge is 0.346 e. The SMILES string of the molecule is C=CC#CNCCCCCC. The van der Waals surface area contributed by atoms with Crippen LogP contribution in [0.5, 0.6) is 0 Å². The minimum absolute atomic E-state index is 1.00. The Morgan fingerprint density at radius 3 is 2.82 bits per heavy atom. The average Bonchev–Trinajstić information content (AvgIpc) is 2.03. The summed E-state index contributed by atoms with van der Waals surface area (Å²) in [5, 5.41) is 3.01. The molecule has 0 aliphatic carbocycles. The molecule has 0 saturated carbocycles. The molecule has 0 unspecified atom stereocenters. The van der Waals surface area contributed by atoms with Gasteiger partial charge >= 0.3 is 0 Å². The van der Waals surface area contributed by atoms with E-state index in [9.17, 15) is 0 Å². The van der Waals surface area contributed by atoms with E-state index in [-0.39, 0.29) is 0 Å². The van der Waals surface area contributed by atoms with E-state index < -0.39 is 0 Å². The van der Waals surface area contributed by atoms with Crippen LogP contribution in [0.25, 0.3) is 0 Å². The van der Waals surface area contributed by atoms with Gasteiger partial charge in [-0.15, -0.1) is 0 Å². The van der Waals surface area contributed by atoms with Crippen LogP contribution < -0.4 is 5.32 Å². The first-order valence-corrected chi connectivity index (χ1v) is 4.26. The molecule has 0 spiro atoms. The van der Waals surface area contributed by atoms with Crippen LogP contribution in [0, 0.1) is 12.0 Å². The summed E-state index contributed by atoms with van der Waals surface area (Å²) in [6, 6.07) is 2.79. The Balaban J connectivity index is 2.96. The van der Waals surface area contributed by atoms with E-state index in [0.717, 1.165) is 6.54 Å². The number of unbranched alkanes of at least 4 members (excludes halogenated alkanes) is 3. The standard InChI is InChI=1S/C10H17N/c1-3-5-7-8-10-11-9-6-4-2/h4,11H,2-3,5,7-8,10H2,1H3. The van der Waals surface area contributed by atoms with Crippen LogP contribution in [0.15, 0.2) is 12.7 Å². The average molecular weight is 151 g/mol. The first-order valence-electron chi connectivity index (χ1n) is 4.26. The van der Waals surface area contributed by atoms with Gasteiger partial charge in [-0.1, -0.05) is 38.7 Å². The zero-order valence-electron chi connectivity index (χ0n) is 7.32. The molecule has 1 nitrogen and oxygen atoms in total. The van der Waals surface area contributed by atoms with Crippen molar-refractivity contribution < 1.29 is 0 Å². The lowest BCUT2D eigenvalue weighted by molar-refractivity contribution is 0.651. The highest BCUT2D eigenvalue weighted by Gasteiger charge is 1.83. The lowest BCUT2D eigenvalue weighted by atomic mass is 10.2. The van der Waals surface area contributed by atoms with Crippen LogP contribution in [0.2, 0.25) is 0 Å². The molecule has 0 atom stereocenters. The van der Waals surface area contributed by atoms with E-state index in [2.05, 4.69) is 30.8 Å². The summed E-state index contributed by atoms with van der Waals surface area (Å²) in [6.07, 6.45) is 6.74. The fourth-order valence-corrected chi connectivity index (χ4v) is 0.805. The molecule has 0 aromatic rings. The van der Waals surface area contributed by atoms with Crippen LogP contribution in [0.1, 0.15) is 32.6 Å². The maximum atomic E-state index is 3.49. The Kier molecular flexibility index (Phi) is 8.36. The zero-order valence-corrected chi connectivity index (χ0v) is 7.32. The van der Waals surface area contributed by atoms with Crippen molar-refractivity contribution in [3.63, 3.8) is 0 Å². The van der Waals surface area contributed by atoms with E-state index in [1.165, 1.54) is 25.7 Å². The molecule has 1 heteroatoms. The predicted octanol–water partition coefficient (Wildman–Crippen LogP) is 2.30. The highest BCUT2D eigenvalue weighted by Crippen LogP contribution is 1.96. The molecular formula is C10H17N. The van der Waals surface area contributed by atoms with Gasteiger partial charge < -0.3 is 5.32 Å². The number of hydrogen-bond donors (Lipinski definition) is 1. The van der Waals surface area contributed by atoms with Crippen molar-refractivity contribution in [1.29, 1.82) is 0 Å². The van der Waals surface area contributed by atoms with Gasteiger partial charge in [-0.05, 0) is 12.5 Å². The lowest BCUT2D eigenvalue weighted by Crippen LogP contribution is -2.06. The third-order valence-corrected chi connectivity index (χ3v) is 1.42. The highest BCUT2D eigenvalue weighted by molar-refractivity contribution is 5.10. The van der Waals surface area contributed by atoms with E-state index in [1.54, 1.807) is 6.08 Å². The minimum Gasteiger partial charge on any atom is -0.346 e. The van der Waals surface area contributed by atoms with Gasteiger partial charge in [0.1, 0.15) is 0 Å². The summed E-state index contributed by atoms with van der Waals surface area (Å²) >= 11 is 0. The monoisotopic (exact) mass is 151 g/mol. The third kappa shape index (κ3) is 9.10. The van der Waals surface area contributed by atoms with Gasteiger partial charge in [-0.3, -0.25) is 0 Å². The van der Waals surface area contributed by atoms with Crippen LogP contribution in [-0.4, -0.2) is 6.54 Å². The Morgan fingerprint density at radius 1 is 1.36 bits per heavy atom. The normalized spacial score (nSPS) is 8.09. The van der Waals surface area contributed by atoms with Gasteiger partial charge in [0, 0.05) is 12.6 Å². The smallest absolute Gasteiger partial charge is 0.0229 e. The molecule has 0 fully saturated rings. The minimum atomic E-state index is 1.00. The van der Waals surface area contributed by atoms with E-state index in [4.69, 9.17) is 0 Å². The Labute approximate surface area is 69.9 Å². The summed E-state index contributed by atoms with van der Waals surface area (Å²) < 4.78 is 0. The fraction of sp³-hybridized carbons (Fsp3) is 0.600. The van der Waals surface area contributed by atoms with Gasteiger partial charge in [0.05, 0.1) is 0 Å². The zero-order chi connectivity index (χ0) is 8.36. The van der Waals surface area contributed by atoms with Crippen molar-refractivity contribution in [3.8, 4) is 12.0 Å². The Hall–Kier alpha value is -0.900. The second kappa shape index (κ2) is 9.10. The summed E-state index contributed by atoms with van der Waals surface area (Å²) in [7, 11) is 0. The van der Waals surface area contributed by atoms with Crippen molar-refractivity contribution in [3.05, 3.63) is 12.7 Å². The third-order valence-electron chi connectivity index (χ3n) is 1.42. The lowest BCUT2D eigenvalue weighted by Gasteiger charge is -1.96. The molecule has 1 N–H and O–H groups in total. The number of rotatable bonds is 5. The molecule has 0 aromatic heterocycles. The quantitative estimate of drug-likeness (QED) is 0.361. The number of allylic oxidation sites excluding steroid dienone is 1. The Morgan fingerprint density at radius 2 is 2.18 bits per heavy atom. The maximum absolute atomic E-state index is 3.49. The van der Waals surface area contributed by atoms with Crippen molar-refractivity contribution in [2.45, 2.75) is 32.6 Å². The summed E-state index contributed by atoms with van der Waals surface area (Å²) in [4.78, 5) is 0.